The van der Waals surface area contributed by atoms with E-state index in [4.69, 9.17) is 0 Å². The molecular weight excluding hydrogens is 360 g/mol. The lowest BCUT2D eigenvalue weighted by molar-refractivity contribution is 0.607. The lowest BCUT2D eigenvalue weighted by atomic mass is 9.97. The van der Waals surface area contributed by atoms with Crippen molar-refractivity contribution >= 4 is 21.2 Å². The minimum Gasteiger partial charge on any atom is -0.284 e. The van der Waals surface area contributed by atoms with Gasteiger partial charge in [-0.1, -0.05) is 12.1 Å². The van der Waals surface area contributed by atoms with Gasteiger partial charge in [0, 0.05) is 17.4 Å². The second-order valence-electron chi connectivity index (χ2n) is 7.39. The van der Waals surface area contributed by atoms with Crippen LogP contribution in [0.1, 0.15) is 35.4 Å². The number of hydrogen-bond acceptors (Lipinski definition) is 3. The van der Waals surface area contributed by atoms with Crippen LogP contribution in [0.3, 0.4) is 0 Å². The molecule has 1 N–H and O–H groups in total. The molecule has 1 saturated carbocycles. The zero-order valence-corrected chi connectivity index (χ0v) is 16.4. The van der Waals surface area contributed by atoms with Crippen LogP contribution in [0.2, 0.25) is 0 Å². The van der Waals surface area contributed by atoms with Crippen LogP contribution in [0.15, 0.2) is 47.4 Å². The van der Waals surface area contributed by atoms with Crippen LogP contribution >= 0.6 is 0 Å². The molecule has 0 amide bonds. The van der Waals surface area contributed by atoms with Crippen LogP contribution in [-0.2, 0) is 10.0 Å². The van der Waals surface area contributed by atoms with Gasteiger partial charge in [-0.3, -0.25) is 13.9 Å². The van der Waals surface area contributed by atoms with Gasteiger partial charge in [-0.05, 0) is 79.1 Å². The number of fused-ring (bicyclic) bond motifs is 1. The van der Waals surface area contributed by atoms with E-state index in [1.807, 2.05) is 44.3 Å². The summed E-state index contributed by atoms with van der Waals surface area (Å²) in [7, 11) is -3.30. The van der Waals surface area contributed by atoms with Crippen molar-refractivity contribution in [3.8, 4) is 11.1 Å². The van der Waals surface area contributed by atoms with Crippen molar-refractivity contribution in [2.45, 2.75) is 32.6 Å². The monoisotopic (exact) mass is 382 g/mol. The number of benzene rings is 1. The van der Waals surface area contributed by atoms with Crippen molar-refractivity contribution in [1.82, 2.24) is 4.40 Å². The van der Waals surface area contributed by atoms with Crippen molar-refractivity contribution in [1.29, 1.82) is 0 Å². The van der Waals surface area contributed by atoms with E-state index in [9.17, 15) is 13.2 Å². The molecule has 0 atom stereocenters. The van der Waals surface area contributed by atoms with Gasteiger partial charge in [-0.25, -0.2) is 8.42 Å². The summed E-state index contributed by atoms with van der Waals surface area (Å²) in [6.45, 7) is 3.92. The Morgan fingerprint density at radius 3 is 2.33 bits per heavy atom. The van der Waals surface area contributed by atoms with E-state index in [0.29, 0.717) is 11.6 Å². The van der Waals surface area contributed by atoms with Crippen molar-refractivity contribution in [3.05, 3.63) is 69.6 Å². The maximum Gasteiger partial charge on any atom is 0.258 e. The average Bonchev–Trinajstić information content (AvgIpc) is 3.43. The summed E-state index contributed by atoms with van der Waals surface area (Å²) in [6, 6.07) is 11.3. The lowest BCUT2D eigenvalue weighted by Crippen LogP contribution is -2.18. The van der Waals surface area contributed by atoms with Crippen molar-refractivity contribution in [2.75, 3.05) is 11.0 Å². The normalized spacial score (nSPS) is 14.5. The Hall–Kier alpha value is -2.60. The summed E-state index contributed by atoms with van der Waals surface area (Å²) >= 11 is 0. The first-order valence-corrected chi connectivity index (χ1v) is 10.9. The van der Waals surface area contributed by atoms with Gasteiger partial charge in [0.15, 0.2) is 0 Å². The fraction of sp³-hybridized carbons (Fsp3) is 0.286. The molecule has 1 aliphatic rings. The third-order valence-corrected chi connectivity index (χ3v) is 5.71. The number of rotatable bonds is 4. The third kappa shape index (κ3) is 3.37. The largest absolute Gasteiger partial charge is 0.284 e. The second kappa shape index (κ2) is 6.23. The number of sulfonamides is 1. The van der Waals surface area contributed by atoms with E-state index < -0.39 is 10.0 Å². The Bertz CT molecular complexity index is 1200. The number of pyridine rings is 2. The number of aryl methyl sites for hydroxylation is 2. The Morgan fingerprint density at radius 1 is 1.07 bits per heavy atom. The molecule has 1 aromatic carbocycles. The topological polar surface area (TPSA) is 67.7 Å². The molecular formula is C21H22N2O3S. The molecule has 140 valence electrons. The fourth-order valence-electron chi connectivity index (χ4n) is 3.69. The maximum atomic E-state index is 12.6. The first-order chi connectivity index (χ1) is 12.7. The molecule has 1 aliphatic carbocycles. The fourth-order valence-corrected chi connectivity index (χ4v) is 4.25. The SMILES string of the molecule is Cc1cc(C2CC2)c2c(C)c(-c3ccc(NS(C)(=O)=O)cc3)ccn2c1=O. The summed E-state index contributed by atoms with van der Waals surface area (Å²) in [6.07, 6.45) is 5.32. The highest BCUT2D eigenvalue weighted by molar-refractivity contribution is 7.92. The number of aromatic nitrogens is 1. The van der Waals surface area contributed by atoms with E-state index in [0.717, 1.165) is 34.0 Å². The highest BCUT2D eigenvalue weighted by Crippen LogP contribution is 2.43. The molecule has 0 spiro atoms. The molecule has 1 fully saturated rings. The molecule has 0 bridgehead atoms. The lowest BCUT2D eigenvalue weighted by Gasteiger charge is -2.15. The zero-order chi connectivity index (χ0) is 19.3. The minimum absolute atomic E-state index is 0.0248. The van der Waals surface area contributed by atoms with E-state index >= 15 is 0 Å². The summed E-state index contributed by atoms with van der Waals surface area (Å²) in [5, 5.41) is 0. The van der Waals surface area contributed by atoms with Crippen LogP contribution in [0, 0.1) is 13.8 Å². The molecule has 5 nitrogen and oxygen atoms in total. The molecule has 0 saturated heterocycles. The van der Waals surface area contributed by atoms with Gasteiger partial charge in [-0.2, -0.15) is 0 Å². The van der Waals surface area contributed by atoms with E-state index in [1.165, 1.54) is 18.4 Å². The first kappa shape index (κ1) is 17.8. The second-order valence-corrected chi connectivity index (χ2v) is 9.14. The average molecular weight is 382 g/mol. The van der Waals surface area contributed by atoms with Gasteiger partial charge in [0.25, 0.3) is 5.56 Å². The predicted molar refractivity (Wildman–Crippen MR) is 109 cm³/mol. The number of nitrogens with zero attached hydrogens (tertiary/aromatic N) is 1. The first-order valence-electron chi connectivity index (χ1n) is 8.98. The quantitative estimate of drug-likeness (QED) is 0.746. The highest BCUT2D eigenvalue weighted by atomic mass is 32.2. The predicted octanol–water partition coefficient (Wildman–Crippen LogP) is 3.83. The molecule has 2 aromatic heterocycles. The number of anilines is 1. The summed E-state index contributed by atoms with van der Waals surface area (Å²) in [5.74, 6) is 0.537. The molecule has 6 heteroatoms. The van der Waals surface area contributed by atoms with Crippen LogP contribution in [0.4, 0.5) is 5.69 Å². The van der Waals surface area contributed by atoms with E-state index in [-0.39, 0.29) is 5.56 Å². The Labute approximate surface area is 158 Å². The number of nitrogens with one attached hydrogen (secondary N) is 1. The van der Waals surface area contributed by atoms with E-state index in [1.54, 1.807) is 16.5 Å². The molecule has 0 unspecified atom stereocenters. The Kier molecular flexibility index (Phi) is 4.11. The van der Waals surface area contributed by atoms with Crippen molar-refractivity contribution in [3.63, 3.8) is 0 Å². The van der Waals surface area contributed by atoms with Gasteiger partial charge in [0.1, 0.15) is 0 Å². The maximum absolute atomic E-state index is 12.6. The van der Waals surface area contributed by atoms with Crippen LogP contribution in [0.5, 0.6) is 0 Å². The summed E-state index contributed by atoms with van der Waals surface area (Å²) in [5.41, 5.74) is 6.70. The number of hydrogen-bond donors (Lipinski definition) is 1. The zero-order valence-electron chi connectivity index (χ0n) is 15.6. The van der Waals surface area contributed by atoms with Crippen LogP contribution in [0.25, 0.3) is 16.6 Å². The standard InChI is InChI=1S/C21H22N2O3S/c1-13-12-19(16-4-5-16)20-14(2)18(10-11-23(20)21(13)24)15-6-8-17(9-7-15)22-27(3,25)26/h6-12,16,22H,4-5H2,1-3H3. The molecule has 27 heavy (non-hydrogen) atoms. The molecule has 4 rings (SSSR count). The molecule has 0 radical (unpaired) electrons. The van der Waals surface area contributed by atoms with Crippen LogP contribution in [-0.4, -0.2) is 19.1 Å². The smallest absolute Gasteiger partial charge is 0.258 e. The van der Waals surface area contributed by atoms with Gasteiger partial charge in [-0.15, -0.1) is 0 Å². The summed E-state index contributed by atoms with van der Waals surface area (Å²) < 4.78 is 27.0. The summed E-state index contributed by atoms with van der Waals surface area (Å²) in [4.78, 5) is 12.6. The van der Waals surface area contributed by atoms with Crippen molar-refractivity contribution < 1.29 is 8.42 Å². The van der Waals surface area contributed by atoms with Gasteiger partial charge in [0.2, 0.25) is 10.0 Å². The van der Waals surface area contributed by atoms with E-state index in [2.05, 4.69) is 4.72 Å². The third-order valence-electron chi connectivity index (χ3n) is 5.11. The van der Waals surface area contributed by atoms with Gasteiger partial charge in [0.05, 0.1) is 11.8 Å². The van der Waals surface area contributed by atoms with Crippen LogP contribution < -0.4 is 10.3 Å². The van der Waals surface area contributed by atoms with Gasteiger partial charge < -0.3 is 0 Å². The molecule has 0 aliphatic heterocycles. The highest BCUT2D eigenvalue weighted by Gasteiger charge is 2.27. The Balaban J connectivity index is 1.86. The molecule has 2 heterocycles. The molecule has 3 aromatic rings. The van der Waals surface area contributed by atoms with Crippen molar-refractivity contribution in [2.24, 2.45) is 0 Å². The Morgan fingerprint density at radius 2 is 1.74 bits per heavy atom. The van der Waals surface area contributed by atoms with Gasteiger partial charge >= 0.3 is 0 Å². The minimum atomic E-state index is -3.30.